The second-order valence-electron chi connectivity index (χ2n) is 2.90. The molecule has 2 aromatic heterocycles. The Morgan fingerprint density at radius 3 is 3.08 bits per heavy atom. The molecule has 0 N–H and O–H groups in total. The molecule has 0 saturated carbocycles. The summed E-state index contributed by atoms with van der Waals surface area (Å²) >= 11 is 0. The summed E-state index contributed by atoms with van der Waals surface area (Å²) in [6, 6.07) is 4.02. The Kier molecular flexibility index (Phi) is 1.61. The summed E-state index contributed by atoms with van der Waals surface area (Å²) in [5, 5.41) is 1.15. The van der Waals surface area contributed by atoms with Crippen LogP contribution < -0.4 is 0 Å². The van der Waals surface area contributed by atoms with Crippen molar-refractivity contribution in [2.45, 2.75) is 20.3 Å². The SMILES string of the molecule is CCc1nc(C)cc2ccoc12. The maximum Gasteiger partial charge on any atom is 0.155 e. The van der Waals surface area contributed by atoms with Crippen molar-refractivity contribution in [1.29, 1.82) is 0 Å². The van der Waals surface area contributed by atoms with Crippen molar-refractivity contribution in [2.75, 3.05) is 0 Å². The molecule has 0 aliphatic carbocycles. The minimum Gasteiger partial charge on any atom is -0.462 e. The van der Waals surface area contributed by atoms with Gasteiger partial charge in [0.1, 0.15) is 0 Å². The van der Waals surface area contributed by atoms with Crippen molar-refractivity contribution in [1.82, 2.24) is 4.98 Å². The van der Waals surface area contributed by atoms with Crippen LogP contribution in [0.15, 0.2) is 22.8 Å². The zero-order chi connectivity index (χ0) is 8.55. The first-order valence-electron chi connectivity index (χ1n) is 4.15. The number of hydrogen-bond donors (Lipinski definition) is 0. The molecule has 0 aliphatic heterocycles. The molecule has 12 heavy (non-hydrogen) atoms. The first kappa shape index (κ1) is 7.35. The Morgan fingerprint density at radius 1 is 1.50 bits per heavy atom. The molecule has 0 unspecified atom stereocenters. The lowest BCUT2D eigenvalue weighted by Gasteiger charge is -1.98. The van der Waals surface area contributed by atoms with Crippen LogP contribution in [0.1, 0.15) is 18.3 Å². The third-order valence-corrected chi connectivity index (χ3v) is 1.97. The largest absolute Gasteiger partial charge is 0.462 e. The summed E-state index contributed by atoms with van der Waals surface area (Å²) in [5.74, 6) is 0. The minimum absolute atomic E-state index is 0.922. The van der Waals surface area contributed by atoms with Crippen molar-refractivity contribution < 1.29 is 4.42 Å². The highest BCUT2D eigenvalue weighted by Gasteiger charge is 2.04. The van der Waals surface area contributed by atoms with E-state index in [9.17, 15) is 0 Å². The van der Waals surface area contributed by atoms with Crippen LogP contribution in [0.5, 0.6) is 0 Å². The molecular formula is C10H11NO. The van der Waals surface area contributed by atoms with Gasteiger partial charge in [-0.05, 0) is 25.5 Å². The summed E-state index contributed by atoms with van der Waals surface area (Å²) in [7, 11) is 0. The minimum atomic E-state index is 0.922. The maximum absolute atomic E-state index is 5.33. The zero-order valence-electron chi connectivity index (χ0n) is 7.29. The second kappa shape index (κ2) is 2.63. The smallest absolute Gasteiger partial charge is 0.155 e. The molecule has 2 nitrogen and oxygen atoms in total. The zero-order valence-corrected chi connectivity index (χ0v) is 7.29. The molecule has 0 aliphatic rings. The number of hydrogen-bond acceptors (Lipinski definition) is 2. The Morgan fingerprint density at radius 2 is 2.33 bits per heavy atom. The molecule has 0 radical (unpaired) electrons. The van der Waals surface area contributed by atoms with Crippen LogP contribution >= 0.6 is 0 Å². The predicted molar refractivity (Wildman–Crippen MR) is 48.1 cm³/mol. The van der Waals surface area contributed by atoms with Crippen molar-refractivity contribution in [3.8, 4) is 0 Å². The number of fused-ring (bicyclic) bond motifs is 1. The normalized spacial score (nSPS) is 10.8. The van der Waals surface area contributed by atoms with Crippen LogP contribution in [-0.2, 0) is 6.42 Å². The fourth-order valence-electron chi connectivity index (χ4n) is 1.43. The van der Waals surface area contributed by atoms with E-state index in [-0.39, 0.29) is 0 Å². The first-order chi connectivity index (χ1) is 5.81. The van der Waals surface area contributed by atoms with E-state index >= 15 is 0 Å². The van der Waals surface area contributed by atoms with Crippen LogP contribution in [0.25, 0.3) is 11.0 Å². The molecule has 2 aromatic rings. The highest BCUT2D eigenvalue weighted by atomic mass is 16.3. The average Bonchev–Trinajstić information content (AvgIpc) is 2.50. The standard InChI is InChI=1S/C10H11NO/c1-3-9-10-8(4-5-12-10)6-7(2)11-9/h4-6H,3H2,1-2H3. The van der Waals surface area contributed by atoms with E-state index in [0.717, 1.165) is 28.8 Å². The van der Waals surface area contributed by atoms with Crippen molar-refractivity contribution in [2.24, 2.45) is 0 Å². The third-order valence-electron chi connectivity index (χ3n) is 1.97. The highest BCUT2D eigenvalue weighted by molar-refractivity contribution is 5.79. The average molecular weight is 161 g/mol. The number of rotatable bonds is 1. The summed E-state index contributed by atoms with van der Waals surface area (Å²) in [4.78, 5) is 4.40. The number of nitrogens with zero attached hydrogens (tertiary/aromatic N) is 1. The lowest BCUT2D eigenvalue weighted by atomic mass is 10.2. The molecule has 0 atom stereocenters. The molecule has 2 heteroatoms. The molecule has 62 valence electrons. The van der Waals surface area contributed by atoms with Gasteiger partial charge in [-0.1, -0.05) is 6.92 Å². The van der Waals surface area contributed by atoms with Gasteiger partial charge in [-0.3, -0.25) is 4.98 Å². The van der Waals surface area contributed by atoms with Crippen molar-refractivity contribution >= 4 is 11.0 Å². The number of pyridine rings is 1. The van der Waals surface area contributed by atoms with Crippen LogP contribution in [0.2, 0.25) is 0 Å². The van der Waals surface area contributed by atoms with Gasteiger partial charge < -0.3 is 4.42 Å². The number of aryl methyl sites for hydroxylation is 2. The van der Waals surface area contributed by atoms with Gasteiger partial charge >= 0.3 is 0 Å². The fraction of sp³-hybridized carbons (Fsp3) is 0.300. The number of aromatic nitrogens is 1. The Bertz CT molecular complexity index is 403. The van der Waals surface area contributed by atoms with Crippen LogP contribution in [0.3, 0.4) is 0 Å². The highest BCUT2D eigenvalue weighted by Crippen LogP contribution is 2.19. The molecular weight excluding hydrogens is 150 g/mol. The van der Waals surface area contributed by atoms with Crippen LogP contribution in [0, 0.1) is 6.92 Å². The summed E-state index contributed by atoms with van der Waals surface area (Å²) in [6.07, 6.45) is 2.64. The van der Waals surface area contributed by atoms with Gasteiger partial charge in [-0.15, -0.1) is 0 Å². The summed E-state index contributed by atoms with van der Waals surface area (Å²) in [6.45, 7) is 4.09. The molecule has 0 saturated heterocycles. The Balaban J connectivity index is 2.80. The molecule has 0 bridgehead atoms. The van der Waals surface area contributed by atoms with Gasteiger partial charge in [0, 0.05) is 11.1 Å². The van der Waals surface area contributed by atoms with E-state index in [1.54, 1.807) is 6.26 Å². The monoisotopic (exact) mass is 161 g/mol. The Hall–Kier alpha value is -1.31. The lowest BCUT2D eigenvalue weighted by Crippen LogP contribution is -1.89. The van der Waals surface area contributed by atoms with E-state index in [2.05, 4.69) is 11.9 Å². The molecule has 0 spiro atoms. The van der Waals surface area contributed by atoms with E-state index < -0.39 is 0 Å². The van der Waals surface area contributed by atoms with Gasteiger partial charge in [-0.2, -0.15) is 0 Å². The maximum atomic E-state index is 5.33. The van der Waals surface area contributed by atoms with Crippen LogP contribution in [-0.4, -0.2) is 4.98 Å². The van der Waals surface area contributed by atoms with Crippen LogP contribution in [0.4, 0.5) is 0 Å². The van der Waals surface area contributed by atoms with Gasteiger partial charge in [0.15, 0.2) is 5.58 Å². The number of furan rings is 1. The second-order valence-corrected chi connectivity index (χ2v) is 2.90. The quantitative estimate of drug-likeness (QED) is 0.642. The van der Waals surface area contributed by atoms with Crippen molar-refractivity contribution in [3.05, 3.63) is 29.8 Å². The topological polar surface area (TPSA) is 26.0 Å². The van der Waals surface area contributed by atoms with Gasteiger partial charge in [-0.25, -0.2) is 0 Å². The van der Waals surface area contributed by atoms with E-state index in [0.29, 0.717) is 0 Å². The third kappa shape index (κ3) is 0.998. The van der Waals surface area contributed by atoms with Gasteiger partial charge in [0.05, 0.1) is 12.0 Å². The lowest BCUT2D eigenvalue weighted by molar-refractivity contribution is 0.608. The molecule has 0 aromatic carbocycles. The molecule has 0 fully saturated rings. The summed E-state index contributed by atoms with van der Waals surface area (Å²) in [5.41, 5.74) is 3.04. The fourth-order valence-corrected chi connectivity index (χ4v) is 1.43. The van der Waals surface area contributed by atoms with E-state index in [1.165, 1.54) is 0 Å². The van der Waals surface area contributed by atoms with E-state index in [1.807, 2.05) is 19.1 Å². The summed E-state index contributed by atoms with van der Waals surface area (Å²) < 4.78 is 5.33. The molecule has 2 rings (SSSR count). The first-order valence-corrected chi connectivity index (χ1v) is 4.15. The van der Waals surface area contributed by atoms with Gasteiger partial charge in [0.2, 0.25) is 0 Å². The van der Waals surface area contributed by atoms with Gasteiger partial charge in [0.25, 0.3) is 0 Å². The molecule has 2 heterocycles. The van der Waals surface area contributed by atoms with Crippen molar-refractivity contribution in [3.63, 3.8) is 0 Å². The molecule has 0 amide bonds. The predicted octanol–water partition coefficient (Wildman–Crippen LogP) is 2.70. The Labute approximate surface area is 71.2 Å². The van der Waals surface area contributed by atoms with E-state index in [4.69, 9.17) is 4.42 Å².